The van der Waals surface area contributed by atoms with Gasteiger partial charge in [-0.15, -0.1) is 11.3 Å². The molecule has 0 nitrogen and oxygen atoms in total. The van der Waals surface area contributed by atoms with Gasteiger partial charge in [0.1, 0.15) is 0 Å². The van der Waals surface area contributed by atoms with E-state index in [0.29, 0.717) is 11.1 Å². The van der Waals surface area contributed by atoms with Crippen LogP contribution in [0.2, 0.25) is 12.1 Å². The van der Waals surface area contributed by atoms with Gasteiger partial charge in [0.2, 0.25) is 0 Å². The summed E-state index contributed by atoms with van der Waals surface area (Å²) < 4.78 is 1.45. The van der Waals surface area contributed by atoms with Crippen molar-refractivity contribution in [3.63, 3.8) is 0 Å². The highest BCUT2D eigenvalue weighted by molar-refractivity contribution is 7.20. The summed E-state index contributed by atoms with van der Waals surface area (Å²) in [6.07, 6.45) is 2.53. The normalized spacial score (nSPS) is 19.3. The summed E-state index contributed by atoms with van der Waals surface area (Å²) in [7, 11) is -1.85. The molecule has 0 N–H and O–H groups in total. The summed E-state index contributed by atoms with van der Waals surface area (Å²) in [5.41, 5.74) is 13.3. The smallest absolute Gasteiger partial charge is 0.0787 e. The highest BCUT2D eigenvalue weighted by Gasteiger charge is 2.52. The van der Waals surface area contributed by atoms with Crippen LogP contribution in [0.4, 0.5) is 0 Å². The average Bonchev–Trinajstić information content (AvgIpc) is 3.51. The van der Waals surface area contributed by atoms with E-state index in [1.807, 2.05) is 0 Å². The molecule has 0 fully saturated rings. The first kappa shape index (κ1) is 22.8. The molecular formula is C33H34SSi. The van der Waals surface area contributed by atoms with Crippen LogP contribution >= 0.6 is 11.3 Å². The van der Waals surface area contributed by atoms with Crippen molar-refractivity contribution < 1.29 is 0 Å². The van der Waals surface area contributed by atoms with Gasteiger partial charge >= 0.3 is 0 Å². The molecule has 2 aliphatic rings. The minimum atomic E-state index is -1.85. The summed E-state index contributed by atoms with van der Waals surface area (Å²) in [6.45, 7) is 12.2. The third-order valence-corrected chi connectivity index (χ3v) is 17.0. The fraction of sp³-hybridized carbons (Fsp3) is 0.273. The van der Waals surface area contributed by atoms with Gasteiger partial charge in [-0.05, 0) is 60.2 Å². The van der Waals surface area contributed by atoms with Crippen molar-refractivity contribution in [2.45, 2.75) is 57.8 Å². The zero-order chi connectivity index (χ0) is 24.3. The second-order valence-electron chi connectivity index (χ2n) is 10.5. The summed E-state index contributed by atoms with van der Waals surface area (Å²) in [4.78, 5) is 1.66. The van der Waals surface area contributed by atoms with Crippen LogP contribution in [0.1, 0.15) is 67.3 Å². The largest absolute Gasteiger partial charge is 0.139 e. The van der Waals surface area contributed by atoms with Crippen molar-refractivity contribution in [3.05, 3.63) is 106 Å². The van der Waals surface area contributed by atoms with Gasteiger partial charge in [0, 0.05) is 26.0 Å². The number of thiophene rings is 1. The van der Waals surface area contributed by atoms with Gasteiger partial charge in [-0.3, -0.25) is 0 Å². The van der Waals surface area contributed by atoms with E-state index in [2.05, 4.69) is 125 Å². The maximum Gasteiger partial charge on any atom is 0.0787 e. The van der Waals surface area contributed by atoms with E-state index in [-0.39, 0.29) is 0 Å². The first-order valence-corrected chi connectivity index (χ1v) is 16.5. The van der Waals surface area contributed by atoms with Gasteiger partial charge in [0.25, 0.3) is 0 Å². The Kier molecular flexibility index (Phi) is 5.50. The van der Waals surface area contributed by atoms with Crippen LogP contribution in [0.5, 0.6) is 0 Å². The maximum absolute atomic E-state index is 2.53. The molecule has 0 radical (unpaired) electrons. The molecule has 2 aliphatic carbocycles. The molecule has 0 saturated carbocycles. The van der Waals surface area contributed by atoms with Crippen LogP contribution in [0, 0.1) is 0 Å². The summed E-state index contributed by atoms with van der Waals surface area (Å²) in [6, 6.07) is 29.7. The molecule has 1 heterocycles. The van der Waals surface area contributed by atoms with Crippen molar-refractivity contribution in [1.82, 2.24) is 0 Å². The van der Waals surface area contributed by atoms with Crippen LogP contribution < -0.4 is 0 Å². The van der Waals surface area contributed by atoms with Crippen LogP contribution in [0.15, 0.2) is 83.9 Å². The van der Waals surface area contributed by atoms with Crippen molar-refractivity contribution in [3.8, 4) is 11.1 Å². The Labute approximate surface area is 215 Å². The minimum Gasteiger partial charge on any atom is -0.139 e. The number of rotatable bonds is 5. The van der Waals surface area contributed by atoms with Crippen molar-refractivity contribution in [1.29, 1.82) is 0 Å². The summed E-state index contributed by atoms with van der Waals surface area (Å²) in [5, 5.41) is 1.47. The lowest BCUT2D eigenvalue weighted by atomic mass is 9.97. The van der Waals surface area contributed by atoms with Crippen LogP contribution in [0.25, 0.3) is 32.9 Å². The van der Waals surface area contributed by atoms with Crippen molar-refractivity contribution in [2.75, 3.05) is 0 Å². The van der Waals surface area contributed by atoms with E-state index >= 15 is 0 Å². The van der Waals surface area contributed by atoms with Gasteiger partial charge in [0.05, 0.1) is 8.07 Å². The molecule has 176 valence electrons. The molecule has 2 heteroatoms. The minimum absolute atomic E-state index is 0.570. The molecule has 4 aromatic rings. The fourth-order valence-electron chi connectivity index (χ4n) is 7.37. The Morgan fingerprint density at radius 1 is 0.771 bits per heavy atom. The molecule has 0 saturated heterocycles. The highest BCUT2D eigenvalue weighted by atomic mass is 32.1. The first-order chi connectivity index (χ1) is 17.0. The van der Waals surface area contributed by atoms with Crippen molar-refractivity contribution >= 4 is 41.1 Å². The topological polar surface area (TPSA) is 0 Å². The lowest BCUT2D eigenvalue weighted by Crippen LogP contribution is -2.47. The molecule has 0 bridgehead atoms. The predicted molar refractivity (Wildman–Crippen MR) is 158 cm³/mol. The third-order valence-electron chi connectivity index (χ3n) is 9.11. The zero-order valence-corrected chi connectivity index (χ0v) is 23.3. The standard InChI is InChI=1S/C33H34SSi/c1-6-35(7-2,33-23(5)22(4)30-27-16-11-12-19-29(27)34-31(30)33)32-21(3)20-28-25(17-13-18-26(28)32)24-14-9-8-10-15-24/h8-20,32-33H,6-7H2,1-5H3. The van der Waals surface area contributed by atoms with Crippen LogP contribution in [0.3, 0.4) is 0 Å². The molecule has 1 aromatic heterocycles. The summed E-state index contributed by atoms with van der Waals surface area (Å²) >= 11 is 2.07. The van der Waals surface area contributed by atoms with Crippen LogP contribution in [-0.2, 0) is 0 Å². The number of allylic oxidation sites excluding steroid dienone is 3. The lowest BCUT2D eigenvalue weighted by Gasteiger charge is -2.43. The lowest BCUT2D eigenvalue weighted by molar-refractivity contribution is 0.923. The molecular weight excluding hydrogens is 457 g/mol. The SMILES string of the molecule is CC[Si](CC)(C1C(C)=Cc2c(-c3ccccc3)cccc21)C1C(C)=C(C)c2c1sc1ccccc21. The molecule has 0 spiro atoms. The Balaban J connectivity index is 1.56. The van der Waals surface area contributed by atoms with Gasteiger partial charge in [-0.2, -0.15) is 0 Å². The Bertz CT molecular complexity index is 1500. The van der Waals surface area contributed by atoms with E-state index in [9.17, 15) is 0 Å². The van der Waals surface area contributed by atoms with Gasteiger partial charge in [-0.1, -0.05) is 110 Å². The Morgan fingerprint density at radius 3 is 2.23 bits per heavy atom. The number of hydrogen-bond acceptors (Lipinski definition) is 1. The summed E-state index contributed by atoms with van der Waals surface area (Å²) in [5.74, 6) is 0. The quantitative estimate of drug-likeness (QED) is 0.244. The second-order valence-corrected chi connectivity index (χ2v) is 16.6. The predicted octanol–water partition coefficient (Wildman–Crippen LogP) is 10.2. The first-order valence-electron chi connectivity index (χ1n) is 13.1. The monoisotopic (exact) mass is 490 g/mol. The van der Waals surface area contributed by atoms with E-state index in [4.69, 9.17) is 0 Å². The average molecular weight is 491 g/mol. The molecule has 6 rings (SSSR count). The fourth-order valence-corrected chi connectivity index (χ4v) is 15.7. The molecule has 0 amide bonds. The van der Waals surface area contributed by atoms with E-state index in [1.54, 1.807) is 32.7 Å². The third kappa shape index (κ3) is 3.16. The Hall–Kier alpha value is -2.68. The van der Waals surface area contributed by atoms with Gasteiger partial charge in [-0.25, -0.2) is 0 Å². The Morgan fingerprint density at radius 2 is 1.49 bits per heavy atom. The molecule has 2 unspecified atom stereocenters. The molecule has 35 heavy (non-hydrogen) atoms. The number of benzene rings is 3. The maximum atomic E-state index is 2.53. The highest BCUT2D eigenvalue weighted by Crippen LogP contribution is 2.60. The molecule has 2 atom stereocenters. The van der Waals surface area contributed by atoms with E-state index in [0.717, 1.165) is 0 Å². The van der Waals surface area contributed by atoms with E-state index in [1.165, 1.54) is 38.9 Å². The molecule has 0 aliphatic heterocycles. The number of fused-ring (bicyclic) bond motifs is 4. The van der Waals surface area contributed by atoms with Crippen molar-refractivity contribution in [2.24, 2.45) is 0 Å². The zero-order valence-electron chi connectivity index (χ0n) is 21.5. The van der Waals surface area contributed by atoms with Crippen LogP contribution in [-0.4, -0.2) is 8.07 Å². The van der Waals surface area contributed by atoms with E-state index < -0.39 is 8.07 Å². The molecule has 3 aromatic carbocycles. The number of hydrogen-bond donors (Lipinski definition) is 0. The second kappa shape index (κ2) is 8.46. The van der Waals surface area contributed by atoms with Gasteiger partial charge < -0.3 is 0 Å². The van der Waals surface area contributed by atoms with Gasteiger partial charge in [0.15, 0.2) is 0 Å².